The van der Waals surface area contributed by atoms with Crippen LogP contribution in [0.2, 0.25) is 0 Å². The molecule has 5 nitrogen and oxygen atoms in total. The fourth-order valence-corrected chi connectivity index (χ4v) is 2.03. The van der Waals surface area contributed by atoms with Crippen LogP contribution in [-0.2, 0) is 20.9 Å². The van der Waals surface area contributed by atoms with E-state index in [1.54, 1.807) is 18.0 Å². The maximum Gasteiger partial charge on any atom is 0.310 e. The van der Waals surface area contributed by atoms with E-state index in [1.165, 1.54) is 7.11 Å². The van der Waals surface area contributed by atoms with Gasteiger partial charge in [-0.3, -0.25) is 14.6 Å². The molecule has 0 saturated carbocycles. The van der Waals surface area contributed by atoms with Crippen LogP contribution in [0.25, 0.3) is 0 Å². The third-order valence-electron chi connectivity index (χ3n) is 3.11. The summed E-state index contributed by atoms with van der Waals surface area (Å²) in [6, 6.07) is 5.59. The molecule has 1 rings (SSSR count). The number of hydrogen-bond acceptors (Lipinski definition) is 4. The number of pyridine rings is 1. The van der Waals surface area contributed by atoms with Crippen molar-refractivity contribution in [1.29, 1.82) is 0 Å². The quantitative estimate of drug-likeness (QED) is 0.723. The van der Waals surface area contributed by atoms with Crippen molar-refractivity contribution in [1.82, 2.24) is 9.88 Å². The molecule has 1 heterocycles. The van der Waals surface area contributed by atoms with Crippen LogP contribution in [0.5, 0.6) is 0 Å². The number of amides is 1. The molecule has 0 radical (unpaired) electrons. The number of hydrogen-bond donors (Lipinski definition) is 0. The second kappa shape index (κ2) is 8.39. The lowest BCUT2D eigenvalue weighted by Gasteiger charge is -2.25. The molecule has 0 bridgehead atoms. The van der Waals surface area contributed by atoms with Gasteiger partial charge in [0.25, 0.3) is 0 Å². The highest BCUT2D eigenvalue weighted by atomic mass is 16.5. The number of methoxy groups -OCH3 is 1. The Morgan fingerprint density at radius 2 is 2.00 bits per heavy atom. The van der Waals surface area contributed by atoms with E-state index in [9.17, 15) is 9.59 Å². The Bertz CT molecular complexity index is 460. The fourth-order valence-electron chi connectivity index (χ4n) is 2.03. The van der Waals surface area contributed by atoms with Crippen LogP contribution in [-0.4, -0.2) is 35.4 Å². The number of carbonyl (C=O) groups is 2. The zero-order chi connectivity index (χ0) is 15.8. The van der Waals surface area contributed by atoms with E-state index in [4.69, 9.17) is 4.74 Å². The molecular formula is C16H24N2O3. The van der Waals surface area contributed by atoms with E-state index in [0.29, 0.717) is 19.5 Å². The number of esters is 1. The summed E-state index contributed by atoms with van der Waals surface area (Å²) in [7, 11) is 1.36. The molecule has 1 atom stereocenters. The Hall–Kier alpha value is -1.91. The highest BCUT2D eigenvalue weighted by Crippen LogP contribution is 2.11. The number of carbonyl (C=O) groups excluding carboxylic acids is 2. The van der Waals surface area contributed by atoms with Crippen molar-refractivity contribution in [3.63, 3.8) is 0 Å². The summed E-state index contributed by atoms with van der Waals surface area (Å²) in [5.41, 5.74) is 0.812. The predicted octanol–water partition coefficient (Wildman–Crippen LogP) is 2.27. The van der Waals surface area contributed by atoms with Crippen LogP contribution in [0.1, 0.15) is 32.9 Å². The average Bonchev–Trinajstić information content (AvgIpc) is 2.45. The maximum absolute atomic E-state index is 12.4. The summed E-state index contributed by atoms with van der Waals surface area (Å²) in [6.45, 7) is 6.52. The Morgan fingerprint density at radius 1 is 1.29 bits per heavy atom. The zero-order valence-electron chi connectivity index (χ0n) is 13.2. The van der Waals surface area contributed by atoms with Crippen LogP contribution in [0.4, 0.5) is 0 Å². The van der Waals surface area contributed by atoms with Crippen LogP contribution in [0.15, 0.2) is 24.4 Å². The van der Waals surface area contributed by atoms with Crippen molar-refractivity contribution in [2.75, 3.05) is 13.7 Å². The first-order valence-corrected chi connectivity index (χ1v) is 7.19. The molecule has 116 valence electrons. The molecule has 1 amide bonds. The molecule has 5 heteroatoms. The predicted molar refractivity (Wildman–Crippen MR) is 80.3 cm³/mol. The Morgan fingerprint density at radius 3 is 2.52 bits per heavy atom. The molecule has 0 aliphatic rings. The summed E-state index contributed by atoms with van der Waals surface area (Å²) in [4.78, 5) is 29.8. The molecule has 0 aliphatic heterocycles. The molecule has 0 saturated heterocycles. The van der Waals surface area contributed by atoms with Crippen LogP contribution < -0.4 is 0 Å². The Labute approximate surface area is 126 Å². The van der Waals surface area contributed by atoms with Gasteiger partial charge in [-0.1, -0.05) is 26.8 Å². The second-order valence-electron chi connectivity index (χ2n) is 5.62. The van der Waals surface area contributed by atoms with E-state index in [2.05, 4.69) is 4.98 Å². The van der Waals surface area contributed by atoms with E-state index in [-0.39, 0.29) is 23.7 Å². The van der Waals surface area contributed by atoms with Gasteiger partial charge in [-0.2, -0.15) is 0 Å². The minimum absolute atomic E-state index is 0.0337. The van der Waals surface area contributed by atoms with Gasteiger partial charge in [-0.05, 0) is 18.1 Å². The smallest absolute Gasteiger partial charge is 0.310 e. The lowest BCUT2D eigenvalue weighted by molar-refractivity contribution is -0.146. The van der Waals surface area contributed by atoms with E-state index >= 15 is 0 Å². The lowest BCUT2D eigenvalue weighted by Crippen LogP contribution is -2.37. The minimum atomic E-state index is -0.352. The first kappa shape index (κ1) is 17.1. The summed E-state index contributed by atoms with van der Waals surface area (Å²) < 4.78 is 4.73. The second-order valence-corrected chi connectivity index (χ2v) is 5.62. The van der Waals surface area contributed by atoms with Crippen LogP contribution in [0, 0.1) is 11.8 Å². The van der Waals surface area contributed by atoms with Crippen molar-refractivity contribution in [3.8, 4) is 0 Å². The SMILES string of the molecule is COC(=O)C(C)CN(Cc1ccccn1)C(=O)CC(C)C. The number of aromatic nitrogens is 1. The van der Waals surface area contributed by atoms with Gasteiger partial charge in [0, 0.05) is 19.2 Å². The van der Waals surface area contributed by atoms with E-state index < -0.39 is 0 Å². The van der Waals surface area contributed by atoms with Crippen molar-refractivity contribution in [2.45, 2.75) is 33.7 Å². The third kappa shape index (κ3) is 5.94. The van der Waals surface area contributed by atoms with Crippen molar-refractivity contribution >= 4 is 11.9 Å². The molecule has 1 aromatic rings. The van der Waals surface area contributed by atoms with Gasteiger partial charge in [0.1, 0.15) is 0 Å². The van der Waals surface area contributed by atoms with Gasteiger partial charge >= 0.3 is 5.97 Å². The number of ether oxygens (including phenoxy) is 1. The third-order valence-corrected chi connectivity index (χ3v) is 3.11. The minimum Gasteiger partial charge on any atom is -0.469 e. The zero-order valence-corrected chi connectivity index (χ0v) is 13.2. The standard InChI is InChI=1S/C16H24N2O3/c1-12(2)9-15(19)18(10-13(3)16(20)21-4)11-14-7-5-6-8-17-14/h5-8,12-13H,9-11H2,1-4H3. The summed E-state index contributed by atoms with van der Waals surface area (Å²) in [6.07, 6.45) is 2.16. The average molecular weight is 292 g/mol. The van der Waals surface area contributed by atoms with Gasteiger partial charge in [0.2, 0.25) is 5.91 Å². The Kier molecular flexibility index (Phi) is 6.85. The van der Waals surface area contributed by atoms with Crippen LogP contribution >= 0.6 is 0 Å². The molecule has 0 aromatic carbocycles. The monoisotopic (exact) mass is 292 g/mol. The lowest BCUT2D eigenvalue weighted by atomic mass is 10.1. The molecule has 0 N–H and O–H groups in total. The van der Waals surface area contributed by atoms with Crippen molar-refractivity contribution < 1.29 is 14.3 Å². The molecular weight excluding hydrogens is 268 g/mol. The van der Waals surface area contributed by atoms with Gasteiger partial charge in [0.05, 0.1) is 25.3 Å². The van der Waals surface area contributed by atoms with Gasteiger partial charge in [-0.15, -0.1) is 0 Å². The van der Waals surface area contributed by atoms with Crippen molar-refractivity contribution in [3.05, 3.63) is 30.1 Å². The highest BCUT2D eigenvalue weighted by Gasteiger charge is 2.22. The molecule has 1 unspecified atom stereocenters. The first-order chi connectivity index (χ1) is 9.93. The van der Waals surface area contributed by atoms with E-state index in [1.807, 2.05) is 32.0 Å². The number of rotatable bonds is 7. The van der Waals surface area contributed by atoms with E-state index in [0.717, 1.165) is 5.69 Å². The molecule has 0 aliphatic carbocycles. The first-order valence-electron chi connectivity index (χ1n) is 7.19. The molecule has 0 fully saturated rings. The summed E-state index contributed by atoms with van der Waals surface area (Å²) in [5.74, 6) is -0.350. The number of nitrogens with zero attached hydrogens (tertiary/aromatic N) is 2. The van der Waals surface area contributed by atoms with Gasteiger partial charge in [-0.25, -0.2) is 0 Å². The van der Waals surface area contributed by atoms with Crippen molar-refractivity contribution in [2.24, 2.45) is 11.8 Å². The largest absolute Gasteiger partial charge is 0.469 e. The molecule has 1 aromatic heterocycles. The normalized spacial score (nSPS) is 12.0. The van der Waals surface area contributed by atoms with Gasteiger partial charge in [0.15, 0.2) is 0 Å². The summed E-state index contributed by atoms with van der Waals surface area (Å²) >= 11 is 0. The van der Waals surface area contributed by atoms with Crippen LogP contribution in [0.3, 0.4) is 0 Å². The highest BCUT2D eigenvalue weighted by molar-refractivity contribution is 5.78. The topological polar surface area (TPSA) is 59.5 Å². The Balaban J connectivity index is 2.79. The van der Waals surface area contributed by atoms with Gasteiger partial charge < -0.3 is 9.64 Å². The molecule has 0 spiro atoms. The molecule has 21 heavy (non-hydrogen) atoms. The maximum atomic E-state index is 12.4. The summed E-state index contributed by atoms with van der Waals surface area (Å²) in [5, 5.41) is 0. The fraction of sp³-hybridized carbons (Fsp3) is 0.562.